The Morgan fingerprint density at radius 3 is 2.34 bits per heavy atom. The maximum Gasteiger partial charge on any atom is 0.262 e. The van der Waals surface area contributed by atoms with Gasteiger partial charge in [0.15, 0.2) is 6.61 Å². The monoisotopic (exact) mass is 525 g/mol. The van der Waals surface area contributed by atoms with Gasteiger partial charge in [-0.3, -0.25) is 9.59 Å². The van der Waals surface area contributed by atoms with Crippen molar-refractivity contribution in [3.63, 3.8) is 0 Å². The number of anilines is 1. The molecule has 2 N–H and O–H groups in total. The summed E-state index contributed by atoms with van der Waals surface area (Å²) >= 11 is 6.76. The van der Waals surface area contributed by atoms with E-state index in [2.05, 4.69) is 61.2 Å². The van der Waals surface area contributed by atoms with Crippen molar-refractivity contribution < 1.29 is 14.3 Å². The molecule has 0 aliphatic heterocycles. The first-order valence-corrected chi connectivity index (χ1v) is 11.0. The minimum Gasteiger partial charge on any atom is -0.483 e. The number of amides is 2. The Balaban J connectivity index is 1.80. The van der Waals surface area contributed by atoms with E-state index >= 15 is 0 Å². The van der Waals surface area contributed by atoms with Gasteiger partial charge in [0.1, 0.15) is 5.75 Å². The van der Waals surface area contributed by atoms with Gasteiger partial charge in [-0.15, -0.1) is 0 Å². The van der Waals surface area contributed by atoms with Crippen LogP contribution in [0.1, 0.15) is 24.2 Å². The largest absolute Gasteiger partial charge is 0.483 e. The number of hydrogen-bond acceptors (Lipinski definition) is 4. The summed E-state index contributed by atoms with van der Waals surface area (Å²) in [4.78, 5) is 26.6. The maximum absolute atomic E-state index is 12.2. The third-order valence-corrected chi connectivity index (χ3v) is 5.40. The summed E-state index contributed by atoms with van der Waals surface area (Å²) in [5.41, 5.74) is 1.16. The van der Waals surface area contributed by atoms with Gasteiger partial charge >= 0.3 is 0 Å². The lowest BCUT2D eigenvalue weighted by Crippen LogP contribution is -2.34. The predicted octanol–water partition coefficient (Wildman–Crippen LogP) is 4.30. The van der Waals surface area contributed by atoms with Crippen LogP contribution in [0.2, 0.25) is 0 Å². The summed E-state index contributed by atoms with van der Waals surface area (Å²) in [5.74, 6) is 0.176. The molecule has 156 valence electrons. The molecule has 6 nitrogen and oxygen atoms in total. The van der Waals surface area contributed by atoms with E-state index in [0.717, 1.165) is 28.6 Å². The molecule has 0 spiro atoms. The van der Waals surface area contributed by atoms with Gasteiger partial charge in [-0.05, 0) is 71.5 Å². The SMILES string of the molecule is CCN(CC)CCNC(=O)c1ccc(NC(=O)COc2ccc(Br)cc2Br)cc1. The first-order valence-electron chi connectivity index (χ1n) is 9.41. The van der Waals surface area contributed by atoms with Crippen LogP contribution in [0, 0.1) is 0 Å². The van der Waals surface area contributed by atoms with Gasteiger partial charge in [-0.25, -0.2) is 0 Å². The Bertz CT molecular complexity index is 824. The van der Waals surface area contributed by atoms with Crippen LogP contribution >= 0.6 is 31.9 Å². The van der Waals surface area contributed by atoms with Crippen LogP contribution in [0.5, 0.6) is 5.75 Å². The van der Waals surface area contributed by atoms with Gasteiger partial charge in [-0.1, -0.05) is 29.8 Å². The summed E-state index contributed by atoms with van der Waals surface area (Å²) in [5, 5.41) is 5.67. The summed E-state index contributed by atoms with van der Waals surface area (Å²) in [6, 6.07) is 12.2. The molecule has 0 saturated heterocycles. The lowest BCUT2D eigenvalue weighted by molar-refractivity contribution is -0.118. The van der Waals surface area contributed by atoms with Gasteiger partial charge in [0.05, 0.1) is 4.47 Å². The highest BCUT2D eigenvalue weighted by Crippen LogP contribution is 2.28. The first-order chi connectivity index (χ1) is 13.9. The van der Waals surface area contributed by atoms with Crippen molar-refractivity contribution in [2.24, 2.45) is 0 Å². The number of rotatable bonds is 10. The number of nitrogens with one attached hydrogen (secondary N) is 2. The molecule has 0 aromatic heterocycles. The molecule has 0 saturated carbocycles. The highest BCUT2D eigenvalue weighted by molar-refractivity contribution is 9.11. The van der Waals surface area contributed by atoms with Crippen molar-refractivity contribution in [3.05, 3.63) is 57.0 Å². The molecule has 0 aliphatic carbocycles. The third-order valence-electron chi connectivity index (χ3n) is 4.29. The van der Waals surface area contributed by atoms with Crippen LogP contribution in [-0.4, -0.2) is 49.5 Å². The fourth-order valence-electron chi connectivity index (χ4n) is 2.61. The van der Waals surface area contributed by atoms with Crippen LogP contribution in [0.4, 0.5) is 5.69 Å². The molecule has 0 heterocycles. The van der Waals surface area contributed by atoms with E-state index in [1.165, 1.54) is 0 Å². The Labute approximate surface area is 188 Å². The number of carbonyl (C=O) groups excluding carboxylic acids is 2. The number of carbonyl (C=O) groups is 2. The summed E-state index contributed by atoms with van der Waals surface area (Å²) < 4.78 is 7.20. The predicted molar refractivity (Wildman–Crippen MR) is 123 cm³/mol. The van der Waals surface area contributed by atoms with Crippen molar-refractivity contribution >= 4 is 49.4 Å². The number of halogens is 2. The molecule has 2 rings (SSSR count). The molecule has 0 fully saturated rings. The zero-order chi connectivity index (χ0) is 21.2. The first kappa shape index (κ1) is 23.4. The lowest BCUT2D eigenvalue weighted by atomic mass is 10.2. The summed E-state index contributed by atoms with van der Waals surface area (Å²) in [6.07, 6.45) is 0. The molecule has 0 unspecified atom stereocenters. The number of benzene rings is 2. The number of nitrogens with zero attached hydrogens (tertiary/aromatic N) is 1. The molecule has 2 aromatic carbocycles. The molecule has 0 bridgehead atoms. The second kappa shape index (κ2) is 11.9. The summed E-state index contributed by atoms with van der Waals surface area (Å²) in [6.45, 7) is 7.42. The van der Waals surface area contributed by atoms with Crippen molar-refractivity contribution in [3.8, 4) is 5.75 Å². The average molecular weight is 527 g/mol. The van der Waals surface area contributed by atoms with Crippen LogP contribution in [0.3, 0.4) is 0 Å². The molecular weight excluding hydrogens is 502 g/mol. The average Bonchev–Trinajstić information content (AvgIpc) is 2.71. The molecule has 8 heteroatoms. The molecular formula is C21H25Br2N3O3. The molecule has 2 aromatic rings. The van der Waals surface area contributed by atoms with Crippen molar-refractivity contribution in [1.29, 1.82) is 0 Å². The number of hydrogen-bond donors (Lipinski definition) is 2. The highest BCUT2D eigenvalue weighted by Gasteiger charge is 2.09. The van der Waals surface area contributed by atoms with Crippen LogP contribution in [0.15, 0.2) is 51.4 Å². The lowest BCUT2D eigenvalue weighted by Gasteiger charge is -2.18. The van der Waals surface area contributed by atoms with Gasteiger partial charge in [-0.2, -0.15) is 0 Å². The standard InChI is InChI=1S/C21H25Br2N3O3/c1-3-26(4-2)12-11-24-21(28)15-5-8-17(9-6-15)25-20(27)14-29-19-10-7-16(22)13-18(19)23/h5-10,13H,3-4,11-12,14H2,1-2H3,(H,24,28)(H,25,27). The van der Waals surface area contributed by atoms with E-state index in [1.807, 2.05) is 12.1 Å². The minimum absolute atomic E-state index is 0.117. The highest BCUT2D eigenvalue weighted by atomic mass is 79.9. The van der Waals surface area contributed by atoms with E-state index in [0.29, 0.717) is 23.5 Å². The maximum atomic E-state index is 12.2. The quantitative estimate of drug-likeness (QED) is 0.484. The van der Waals surface area contributed by atoms with Crippen molar-refractivity contribution in [2.45, 2.75) is 13.8 Å². The number of likely N-dealkylation sites (N-methyl/N-ethyl adjacent to an activating group) is 1. The normalized spacial score (nSPS) is 10.7. The summed E-state index contributed by atoms with van der Waals surface area (Å²) in [7, 11) is 0. The minimum atomic E-state index is -0.281. The second-order valence-electron chi connectivity index (χ2n) is 6.27. The fourth-order valence-corrected chi connectivity index (χ4v) is 3.77. The van der Waals surface area contributed by atoms with E-state index in [1.54, 1.807) is 30.3 Å². The zero-order valence-electron chi connectivity index (χ0n) is 16.5. The molecule has 0 atom stereocenters. The van der Waals surface area contributed by atoms with Gasteiger partial charge in [0.2, 0.25) is 0 Å². The topological polar surface area (TPSA) is 70.7 Å². The third kappa shape index (κ3) is 7.79. The van der Waals surface area contributed by atoms with Gasteiger partial charge < -0.3 is 20.3 Å². The van der Waals surface area contributed by atoms with Crippen molar-refractivity contribution in [2.75, 3.05) is 38.1 Å². The Morgan fingerprint density at radius 1 is 1.03 bits per heavy atom. The molecule has 0 aliphatic rings. The van der Waals surface area contributed by atoms with E-state index < -0.39 is 0 Å². The molecule has 29 heavy (non-hydrogen) atoms. The van der Waals surface area contributed by atoms with E-state index in [9.17, 15) is 9.59 Å². The van der Waals surface area contributed by atoms with Crippen LogP contribution in [0.25, 0.3) is 0 Å². The smallest absolute Gasteiger partial charge is 0.262 e. The van der Waals surface area contributed by atoms with Gasteiger partial charge in [0.25, 0.3) is 11.8 Å². The van der Waals surface area contributed by atoms with Crippen LogP contribution in [-0.2, 0) is 4.79 Å². The van der Waals surface area contributed by atoms with E-state index in [4.69, 9.17) is 4.74 Å². The number of ether oxygens (including phenoxy) is 1. The Morgan fingerprint density at radius 2 is 1.72 bits per heavy atom. The molecule has 2 amide bonds. The van der Waals surface area contributed by atoms with E-state index in [-0.39, 0.29) is 18.4 Å². The zero-order valence-corrected chi connectivity index (χ0v) is 19.7. The van der Waals surface area contributed by atoms with Crippen molar-refractivity contribution in [1.82, 2.24) is 10.2 Å². The molecule has 0 radical (unpaired) electrons. The second-order valence-corrected chi connectivity index (χ2v) is 8.04. The Hall–Kier alpha value is -1.90. The Kier molecular flexibility index (Phi) is 9.63. The fraction of sp³-hybridized carbons (Fsp3) is 0.333. The van der Waals surface area contributed by atoms with Gasteiger partial charge in [0, 0.05) is 28.8 Å². The van der Waals surface area contributed by atoms with Crippen LogP contribution < -0.4 is 15.4 Å².